The number of fused-ring (bicyclic) bond motifs is 3. The molecule has 148 valence electrons. The van der Waals surface area contributed by atoms with Crippen LogP contribution >= 0.6 is 11.6 Å². The lowest BCUT2D eigenvalue weighted by Gasteiger charge is -2.34. The van der Waals surface area contributed by atoms with E-state index in [0.29, 0.717) is 0 Å². The van der Waals surface area contributed by atoms with Crippen molar-refractivity contribution in [2.45, 2.75) is 6.92 Å². The normalized spacial score (nSPS) is 15.3. The zero-order valence-corrected chi connectivity index (χ0v) is 17.3. The van der Waals surface area contributed by atoms with Crippen molar-refractivity contribution < 1.29 is 0 Å². The quantitative estimate of drug-likeness (QED) is 0.522. The number of H-pyrrole nitrogens is 1. The number of likely N-dealkylation sites (N-methyl/N-ethyl adjacent to an activating group) is 1. The van der Waals surface area contributed by atoms with Crippen LogP contribution in [0.1, 0.15) is 5.69 Å². The Morgan fingerprint density at radius 2 is 1.86 bits per heavy atom. The highest BCUT2D eigenvalue weighted by Crippen LogP contribution is 2.34. The predicted molar refractivity (Wildman–Crippen MR) is 121 cm³/mol. The molecule has 0 unspecified atom stereocenters. The molecule has 0 radical (unpaired) electrons. The van der Waals surface area contributed by atoms with Crippen molar-refractivity contribution in [3.05, 3.63) is 53.4 Å². The van der Waals surface area contributed by atoms with Crippen LogP contribution < -0.4 is 10.2 Å². The van der Waals surface area contributed by atoms with Crippen molar-refractivity contribution in [2.24, 2.45) is 0 Å². The molecule has 0 amide bonds. The molecule has 4 aromatic rings. The number of aromatic amines is 1. The molecule has 6 nitrogen and oxygen atoms in total. The minimum atomic E-state index is 0.765. The van der Waals surface area contributed by atoms with Crippen LogP contribution in [0, 0.1) is 6.92 Å². The number of halogens is 1. The minimum absolute atomic E-state index is 0.765. The topological polar surface area (TPSA) is 60.1 Å². The molecule has 1 saturated heterocycles. The number of aryl methyl sites for hydroxylation is 1. The number of benzene rings is 2. The number of rotatable bonds is 3. The highest BCUT2D eigenvalue weighted by molar-refractivity contribution is 6.33. The maximum Gasteiger partial charge on any atom is 0.116 e. The highest BCUT2D eigenvalue weighted by atomic mass is 35.5. The van der Waals surface area contributed by atoms with Crippen LogP contribution in [0.2, 0.25) is 5.02 Å². The lowest BCUT2D eigenvalue weighted by atomic mass is 10.1. The Balaban J connectivity index is 1.51. The van der Waals surface area contributed by atoms with Crippen LogP contribution in [0.4, 0.5) is 17.1 Å². The van der Waals surface area contributed by atoms with E-state index in [-0.39, 0.29) is 0 Å². The first kappa shape index (κ1) is 18.2. The first-order chi connectivity index (χ1) is 14.1. The monoisotopic (exact) mass is 406 g/mol. The van der Waals surface area contributed by atoms with Gasteiger partial charge in [0.15, 0.2) is 0 Å². The van der Waals surface area contributed by atoms with Crippen molar-refractivity contribution in [3.8, 4) is 0 Å². The summed E-state index contributed by atoms with van der Waals surface area (Å²) in [5.74, 6) is 0. The summed E-state index contributed by atoms with van der Waals surface area (Å²) >= 11 is 6.67. The summed E-state index contributed by atoms with van der Waals surface area (Å²) in [4.78, 5) is 16.9. The number of pyridine rings is 1. The van der Waals surface area contributed by atoms with Gasteiger partial charge in [0.25, 0.3) is 0 Å². The second kappa shape index (κ2) is 7.21. The third-order valence-corrected chi connectivity index (χ3v) is 5.88. The van der Waals surface area contributed by atoms with Gasteiger partial charge in [-0.15, -0.1) is 0 Å². The Bertz CT molecular complexity index is 1190. The molecule has 0 atom stereocenters. The van der Waals surface area contributed by atoms with E-state index in [0.717, 1.165) is 75.9 Å². The van der Waals surface area contributed by atoms with Crippen LogP contribution in [0.3, 0.4) is 0 Å². The zero-order chi connectivity index (χ0) is 20.0. The second-order valence-corrected chi connectivity index (χ2v) is 8.08. The van der Waals surface area contributed by atoms with Gasteiger partial charge in [-0.2, -0.15) is 0 Å². The standard InChI is InChI=1S/C22H23ClN6/c1-14-11-19(21-17(26-14)4-5-18-22(21)25-13-24-18)27-15-3-6-20(16(23)12-15)29-9-7-28(2)8-10-29/h3-6,11-13,26-27H,7-10H2,1-2H3. The Hall–Kier alpha value is -2.83. The summed E-state index contributed by atoms with van der Waals surface area (Å²) in [5.41, 5.74) is 6.92. The Kier molecular flexibility index (Phi) is 4.53. The van der Waals surface area contributed by atoms with Gasteiger partial charge in [0.1, 0.15) is 11.8 Å². The fraction of sp³-hybridized carbons (Fsp3) is 0.273. The summed E-state index contributed by atoms with van der Waals surface area (Å²) in [6, 6.07) is 12.3. The van der Waals surface area contributed by atoms with Crippen molar-refractivity contribution in [1.29, 1.82) is 0 Å². The average Bonchev–Trinajstić information content (AvgIpc) is 3.17. The molecule has 1 aliphatic heterocycles. The first-order valence-electron chi connectivity index (χ1n) is 9.81. The molecule has 0 saturated carbocycles. The third-order valence-electron chi connectivity index (χ3n) is 5.57. The molecule has 5 rings (SSSR count). The maximum atomic E-state index is 6.67. The van der Waals surface area contributed by atoms with Crippen molar-refractivity contribution in [3.63, 3.8) is 0 Å². The van der Waals surface area contributed by atoms with Gasteiger partial charge in [0, 0.05) is 48.5 Å². The first-order valence-corrected chi connectivity index (χ1v) is 10.2. The number of piperazine rings is 1. The van der Waals surface area contributed by atoms with Crippen molar-refractivity contribution in [1.82, 2.24) is 19.9 Å². The molecule has 1 fully saturated rings. The van der Waals surface area contributed by atoms with Crippen LogP contribution in [-0.4, -0.2) is 53.1 Å². The number of anilines is 3. The Morgan fingerprint density at radius 3 is 2.66 bits per heavy atom. The van der Waals surface area contributed by atoms with Crippen molar-refractivity contribution >= 4 is 50.6 Å². The number of nitrogens with zero attached hydrogens (tertiary/aromatic N) is 4. The molecule has 7 heteroatoms. The minimum Gasteiger partial charge on any atom is -0.368 e. The van der Waals surface area contributed by atoms with Crippen LogP contribution in [0.15, 0.2) is 42.7 Å². The van der Waals surface area contributed by atoms with Crippen LogP contribution in [0.5, 0.6) is 0 Å². The van der Waals surface area contributed by atoms with E-state index in [4.69, 9.17) is 11.6 Å². The van der Waals surface area contributed by atoms with E-state index in [1.807, 2.05) is 18.2 Å². The maximum absolute atomic E-state index is 6.67. The molecule has 29 heavy (non-hydrogen) atoms. The van der Waals surface area contributed by atoms with Crippen LogP contribution in [-0.2, 0) is 0 Å². The summed E-state index contributed by atoms with van der Waals surface area (Å²) in [6.45, 7) is 6.15. The Labute approximate surface area is 174 Å². The highest BCUT2D eigenvalue weighted by Gasteiger charge is 2.17. The molecule has 2 aromatic carbocycles. The summed E-state index contributed by atoms with van der Waals surface area (Å²) in [5, 5.41) is 5.35. The summed E-state index contributed by atoms with van der Waals surface area (Å²) in [6.07, 6.45) is 1.61. The van der Waals surface area contributed by atoms with E-state index in [1.54, 1.807) is 6.33 Å². The number of aromatic nitrogens is 3. The van der Waals surface area contributed by atoms with E-state index in [2.05, 4.69) is 62.2 Å². The molecule has 0 aliphatic carbocycles. The number of nitrogens with one attached hydrogen (secondary N) is 2. The van der Waals surface area contributed by atoms with Crippen LogP contribution in [0.25, 0.3) is 21.9 Å². The van der Waals surface area contributed by atoms with Gasteiger partial charge in [0.05, 0.1) is 21.9 Å². The third kappa shape index (κ3) is 3.39. The predicted octanol–water partition coefficient (Wildman–Crippen LogP) is 4.57. The number of hydrogen-bond acceptors (Lipinski definition) is 5. The largest absolute Gasteiger partial charge is 0.368 e. The van der Waals surface area contributed by atoms with Crippen molar-refractivity contribution in [2.75, 3.05) is 43.4 Å². The lowest BCUT2D eigenvalue weighted by molar-refractivity contribution is 0.313. The molecule has 0 spiro atoms. The summed E-state index contributed by atoms with van der Waals surface area (Å²) < 4.78 is 0. The van der Waals surface area contributed by atoms with Gasteiger partial charge in [-0.25, -0.2) is 9.97 Å². The lowest BCUT2D eigenvalue weighted by Crippen LogP contribution is -2.44. The number of imidazole rings is 1. The average molecular weight is 407 g/mol. The Morgan fingerprint density at radius 1 is 1.03 bits per heavy atom. The van der Waals surface area contributed by atoms with E-state index >= 15 is 0 Å². The summed E-state index contributed by atoms with van der Waals surface area (Å²) in [7, 11) is 2.16. The van der Waals surface area contributed by atoms with Gasteiger partial charge in [-0.1, -0.05) is 11.6 Å². The molecular formula is C22H23ClN6. The van der Waals surface area contributed by atoms with E-state index in [1.165, 1.54) is 0 Å². The smallest absolute Gasteiger partial charge is 0.116 e. The van der Waals surface area contributed by atoms with Gasteiger partial charge < -0.3 is 20.1 Å². The molecule has 2 aromatic heterocycles. The number of hydrogen-bond donors (Lipinski definition) is 2. The van der Waals surface area contributed by atoms with Gasteiger partial charge in [0.2, 0.25) is 0 Å². The second-order valence-electron chi connectivity index (χ2n) is 7.68. The van der Waals surface area contributed by atoms with Gasteiger partial charge in [-0.05, 0) is 50.4 Å². The fourth-order valence-electron chi connectivity index (χ4n) is 4.02. The molecule has 0 bridgehead atoms. The van der Waals surface area contributed by atoms with Gasteiger partial charge >= 0.3 is 0 Å². The molecule has 1 aliphatic rings. The zero-order valence-electron chi connectivity index (χ0n) is 16.5. The molecule has 2 N–H and O–H groups in total. The van der Waals surface area contributed by atoms with Gasteiger partial charge in [-0.3, -0.25) is 0 Å². The van der Waals surface area contributed by atoms with E-state index < -0.39 is 0 Å². The molecule has 3 heterocycles. The van der Waals surface area contributed by atoms with E-state index in [9.17, 15) is 0 Å². The SMILES string of the molecule is Cc1cc(Nc2ccc(N3CCN(C)CC3)c(Cl)c2)c2c(ccc3ncnc32)[nH]1. The fourth-order valence-corrected chi connectivity index (χ4v) is 4.32. The molecular weight excluding hydrogens is 384 g/mol.